The van der Waals surface area contributed by atoms with Crippen molar-refractivity contribution >= 4 is 33.3 Å². The molecule has 0 radical (unpaired) electrons. The van der Waals surface area contributed by atoms with Gasteiger partial charge < -0.3 is 10.1 Å². The van der Waals surface area contributed by atoms with Gasteiger partial charge in [-0.25, -0.2) is 13.2 Å². The fraction of sp³-hybridized carbons (Fsp3) is 0.105. The second-order valence-electron chi connectivity index (χ2n) is 5.92. The maximum atomic E-state index is 12.4. The molecule has 0 aliphatic carbocycles. The van der Waals surface area contributed by atoms with Crippen molar-refractivity contribution in [3.63, 3.8) is 0 Å². The van der Waals surface area contributed by atoms with Crippen molar-refractivity contribution in [2.75, 3.05) is 17.1 Å². The van der Waals surface area contributed by atoms with Crippen LogP contribution in [-0.2, 0) is 14.8 Å². The van der Waals surface area contributed by atoms with Crippen LogP contribution in [0, 0.1) is 6.92 Å². The third kappa shape index (κ3) is 4.63. The summed E-state index contributed by atoms with van der Waals surface area (Å²) in [5.41, 5.74) is 1.97. The molecule has 2 aromatic carbocycles. The first-order valence-electron chi connectivity index (χ1n) is 8.26. The number of ether oxygens (including phenoxy) is 1. The highest BCUT2D eigenvalue weighted by Gasteiger charge is 2.15. The molecule has 0 aliphatic rings. The number of hydrogen-bond acceptors (Lipinski definition) is 7. The highest BCUT2D eigenvalue weighted by molar-refractivity contribution is 7.92. The van der Waals surface area contributed by atoms with Crippen molar-refractivity contribution in [2.24, 2.45) is 0 Å². The van der Waals surface area contributed by atoms with Gasteiger partial charge in [-0.15, -0.1) is 10.2 Å². The van der Waals surface area contributed by atoms with E-state index < -0.39 is 16.0 Å². The molecule has 0 unspecified atom stereocenters. The van der Waals surface area contributed by atoms with Crippen LogP contribution in [0.5, 0.6) is 0 Å². The maximum absolute atomic E-state index is 12.4. The third-order valence-corrected chi connectivity index (χ3v) is 5.16. The van der Waals surface area contributed by atoms with E-state index in [9.17, 15) is 13.2 Å². The minimum atomic E-state index is -3.74. The van der Waals surface area contributed by atoms with Crippen LogP contribution in [0.4, 0.5) is 17.3 Å². The highest BCUT2D eigenvalue weighted by atomic mass is 32.2. The van der Waals surface area contributed by atoms with Crippen molar-refractivity contribution in [3.05, 3.63) is 71.8 Å². The number of aryl methyl sites for hydroxylation is 1. The smallest absolute Gasteiger partial charge is 0.337 e. The highest BCUT2D eigenvalue weighted by Crippen LogP contribution is 2.18. The number of anilines is 3. The Morgan fingerprint density at radius 3 is 2.29 bits per heavy atom. The topological polar surface area (TPSA) is 110 Å². The summed E-state index contributed by atoms with van der Waals surface area (Å²) in [5.74, 6) is 0.0327. The number of carbonyl (C=O) groups excluding carboxylic acids is 1. The molecule has 9 heteroatoms. The molecular formula is C19H18N4O4S. The van der Waals surface area contributed by atoms with Gasteiger partial charge in [0.1, 0.15) is 0 Å². The lowest BCUT2D eigenvalue weighted by Gasteiger charge is -2.09. The monoisotopic (exact) mass is 398 g/mol. The van der Waals surface area contributed by atoms with Gasteiger partial charge in [-0.2, -0.15) is 0 Å². The SMILES string of the molecule is COC(=O)c1cccc(Nc2ccc(NS(=O)(=O)c3ccc(C)cc3)nn2)c1. The Bertz CT molecular complexity index is 1080. The molecule has 1 aromatic heterocycles. The largest absolute Gasteiger partial charge is 0.465 e. The zero-order chi connectivity index (χ0) is 20.1. The van der Waals surface area contributed by atoms with E-state index in [1.165, 1.54) is 25.3 Å². The molecule has 28 heavy (non-hydrogen) atoms. The summed E-state index contributed by atoms with van der Waals surface area (Å²) >= 11 is 0. The molecule has 3 aromatic rings. The Kier molecular flexibility index (Phi) is 5.55. The molecule has 3 rings (SSSR count). The molecule has 0 bridgehead atoms. The summed E-state index contributed by atoms with van der Waals surface area (Å²) in [5, 5.41) is 10.8. The van der Waals surface area contributed by atoms with Gasteiger partial charge in [0.25, 0.3) is 10.0 Å². The summed E-state index contributed by atoms with van der Waals surface area (Å²) in [6.07, 6.45) is 0. The van der Waals surface area contributed by atoms with Gasteiger partial charge >= 0.3 is 5.97 Å². The number of benzene rings is 2. The first-order valence-corrected chi connectivity index (χ1v) is 9.74. The van der Waals surface area contributed by atoms with Gasteiger partial charge in [-0.3, -0.25) is 4.72 Å². The lowest BCUT2D eigenvalue weighted by molar-refractivity contribution is 0.0601. The van der Waals surface area contributed by atoms with Crippen LogP contribution in [-0.4, -0.2) is 31.7 Å². The Morgan fingerprint density at radius 1 is 0.964 bits per heavy atom. The molecule has 0 saturated carbocycles. The van der Waals surface area contributed by atoms with Crippen LogP contribution < -0.4 is 10.0 Å². The van der Waals surface area contributed by atoms with Crippen LogP contribution in [0.3, 0.4) is 0 Å². The van der Waals surface area contributed by atoms with Crippen molar-refractivity contribution in [1.29, 1.82) is 0 Å². The quantitative estimate of drug-likeness (QED) is 0.614. The molecular weight excluding hydrogens is 380 g/mol. The second-order valence-corrected chi connectivity index (χ2v) is 7.60. The van der Waals surface area contributed by atoms with Crippen molar-refractivity contribution in [3.8, 4) is 0 Å². The number of hydrogen-bond donors (Lipinski definition) is 2. The van der Waals surface area contributed by atoms with Crippen molar-refractivity contribution in [2.45, 2.75) is 11.8 Å². The first kappa shape index (κ1) is 19.3. The number of nitrogens with zero attached hydrogens (tertiary/aromatic N) is 2. The second kappa shape index (κ2) is 8.05. The number of aromatic nitrogens is 2. The van der Waals surface area contributed by atoms with Crippen LogP contribution in [0.25, 0.3) is 0 Å². The predicted octanol–water partition coefficient (Wildman–Crippen LogP) is 3.12. The Labute approximate surface area is 162 Å². The van der Waals surface area contributed by atoms with Crippen molar-refractivity contribution < 1.29 is 17.9 Å². The van der Waals surface area contributed by atoms with Gasteiger partial charge in [0.05, 0.1) is 17.6 Å². The lowest BCUT2D eigenvalue weighted by Crippen LogP contribution is -2.14. The first-order chi connectivity index (χ1) is 13.4. The van der Waals surface area contributed by atoms with E-state index in [2.05, 4.69) is 25.0 Å². The Balaban J connectivity index is 1.72. The standard InChI is InChI=1S/C19H18N4O4S/c1-13-6-8-16(9-7-13)28(25,26)23-18-11-10-17(21-22-18)20-15-5-3-4-14(12-15)19(24)27-2/h3-12H,1-2H3,(H,20,21)(H,22,23). The summed E-state index contributed by atoms with van der Waals surface area (Å²) in [4.78, 5) is 11.7. The van der Waals surface area contributed by atoms with Crippen LogP contribution in [0.2, 0.25) is 0 Å². The van der Waals surface area contributed by atoms with E-state index >= 15 is 0 Å². The van der Waals surface area contributed by atoms with Crippen LogP contribution in [0.15, 0.2) is 65.6 Å². The van der Waals surface area contributed by atoms with Crippen molar-refractivity contribution in [1.82, 2.24) is 10.2 Å². The minimum absolute atomic E-state index is 0.0921. The summed E-state index contributed by atoms with van der Waals surface area (Å²) in [7, 11) is -2.43. The number of nitrogens with one attached hydrogen (secondary N) is 2. The Hall–Kier alpha value is -3.46. The summed E-state index contributed by atoms with van der Waals surface area (Å²) in [6, 6.07) is 16.2. The number of esters is 1. The van der Waals surface area contributed by atoms with Gasteiger partial charge in [-0.05, 0) is 49.4 Å². The fourth-order valence-corrected chi connectivity index (χ4v) is 3.35. The number of carbonyl (C=O) groups is 1. The molecule has 0 fully saturated rings. The summed E-state index contributed by atoms with van der Waals surface area (Å²) < 4.78 is 31.8. The van der Waals surface area contributed by atoms with Gasteiger partial charge in [0.2, 0.25) is 0 Å². The van der Waals surface area contributed by atoms with Gasteiger partial charge in [-0.1, -0.05) is 23.8 Å². The zero-order valence-corrected chi connectivity index (χ0v) is 16.0. The van der Waals surface area contributed by atoms with E-state index in [1.807, 2.05) is 6.92 Å². The van der Waals surface area contributed by atoms with Crippen LogP contribution >= 0.6 is 0 Å². The molecule has 144 valence electrons. The molecule has 2 N–H and O–H groups in total. The number of sulfonamides is 1. The molecule has 0 spiro atoms. The third-order valence-electron chi connectivity index (χ3n) is 3.79. The zero-order valence-electron chi connectivity index (χ0n) is 15.2. The normalized spacial score (nSPS) is 10.9. The van der Waals surface area contributed by atoms with E-state index in [-0.39, 0.29) is 10.7 Å². The fourth-order valence-electron chi connectivity index (χ4n) is 2.36. The molecule has 0 saturated heterocycles. The average Bonchev–Trinajstić information content (AvgIpc) is 2.69. The number of methoxy groups -OCH3 is 1. The maximum Gasteiger partial charge on any atom is 0.337 e. The van der Waals surface area contributed by atoms with E-state index in [4.69, 9.17) is 0 Å². The summed E-state index contributed by atoms with van der Waals surface area (Å²) in [6.45, 7) is 1.88. The van der Waals surface area contributed by atoms with Crippen LogP contribution in [0.1, 0.15) is 15.9 Å². The molecule has 8 nitrogen and oxygen atoms in total. The number of rotatable bonds is 6. The van der Waals surface area contributed by atoms with Gasteiger partial charge in [0.15, 0.2) is 11.6 Å². The minimum Gasteiger partial charge on any atom is -0.465 e. The Morgan fingerprint density at radius 2 is 1.64 bits per heavy atom. The molecule has 1 heterocycles. The van der Waals surface area contributed by atoms with Gasteiger partial charge in [0, 0.05) is 5.69 Å². The molecule has 0 atom stereocenters. The van der Waals surface area contributed by atoms with E-state index in [1.54, 1.807) is 42.5 Å². The predicted molar refractivity (Wildman–Crippen MR) is 105 cm³/mol. The van der Waals surface area contributed by atoms with E-state index in [0.29, 0.717) is 17.1 Å². The molecule has 0 amide bonds. The molecule has 0 aliphatic heterocycles. The average molecular weight is 398 g/mol. The lowest BCUT2D eigenvalue weighted by atomic mass is 10.2. The van der Waals surface area contributed by atoms with E-state index in [0.717, 1.165) is 5.56 Å².